The summed E-state index contributed by atoms with van der Waals surface area (Å²) in [5, 5.41) is 10.8. The molecule has 0 aromatic carbocycles. The van der Waals surface area contributed by atoms with Gasteiger partial charge in [0.2, 0.25) is 0 Å². The van der Waals surface area contributed by atoms with E-state index >= 15 is 0 Å². The molecule has 5 nitrogen and oxygen atoms in total. The van der Waals surface area contributed by atoms with Crippen molar-refractivity contribution in [2.45, 2.75) is 37.7 Å². The average molecular weight is 284 g/mol. The molecule has 2 fully saturated rings. The van der Waals surface area contributed by atoms with Crippen LogP contribution < -0.4 is 4.90 Å². The standard InChI is InChI=1S/C16H20N4O/c21-16-6-2-1-3-12(16)11-20(10-7-16)14-5-4-13-15(19-14)18-9-8-17-13/h4-5,8-9,12,21H,1-3,6-7,10-11H2/t12-,16+/m1/s1. The summed E-state index contributed by atoms with van der Waals surface area (Å²) in [5.74, 6) is 1.33. The third-order valence-corrected chi connectivity index (χ3v) is 5.07. The van der Waals surface area contributed by atoms with Crippen molar-refractivity contribution in [1.29, 1.82) is 0 Å². The first-order chi connectivity index (χ1) is 10.2. The van der Waals surface area contributed by atoms with E-state index in [0.29, 0.717) is 11.6 Å². The molecule has 1 aliphatic carbocycles. The van der Waals surface area contributed by atoms with E-state index in [4.69, 9.17) is 0 Å². The molecular weight excluding hydrogens is 264 g/mol. The van der Waals surface area contributed by atoms with Gasteiger partial charge in [0, 0.05) is 31.4 Å². The summed E-state index contributed by atoms with van der Waals surface area (Å²) < 4.78 is 0. The second-order valence-electron chi connectivity index (χ2n) is 6.31. The number of fused-ring (bicyclic) bond motifs is 2. The van der Waals surface area contributed by atoms with Gasteiger partial charge in [0.1, 0.15) is 11.3 Å². The number of anilines is 1. The van der Waals surface area contributed by atoms with Gasteiger partial charge in [-0.1, -0.05) is 12.8 Å². The minimum atomic E-state index is -0.439. The van der Waals surface area contributed by atoms with E-state index < -0.39 is 5.60 Å². The quantitative estimate of drug-likeness (QED) is 0.869. The van der Waals surface area contributed by atoms with Crippen LogP contribution in [-0.4, -0.2) is 38.7 Å². The van der Waals surface area contributed by atoms with Gasteiger partial charge >= 0.3 is 0 Å². The van der Waals surface area contributed by atoms with Crippen LogP contribution in [0.4, 0.5) is 5.82 Å². The highest BCUT2D eigenvalue weighted by Gasteiger charge is 2.42. The van der Waals surface area contributed by atoms with E-state index in [1.807, 2.05) is 12.1 Å². The Morgan fingerprint density at radius 2 is 2.05 bits per heavy atom. The zero-order chi connectivity index (χ0) is 14.3. The highest BCUT2D eigenvalue weighted by molar-refractivity contribution is 5.71. The molecule has 2 atom stereocenters. The van der Waals surface area contributed by atoms with Crippen molar-refractivity contribution in [3.05, 3.63) is 24.5 Å². The van der Waals surface area contributed by atoms with Crippen LogP contribution in [-0.2, 0) is 0 Å². The number of aromatic nitrogens is 3. The number of pyridine rings is 1. The Balaban J connectivity index is 1.61. The lowest BCUT2D eigenvalue weighted by molar-refractivity contribution is -0.0613. The molecule has 1 aliphatic heterocycles. The predicted octanol–water partition coefficient (Wildman–Crippen LogP) is 2.16. The Hall–Kier alpha value is -1.75. The van der Waals surface area contributed by atoms with Gasteiger partial charge in [0.25, 0.3) is 0 Å². The number of rotatable bonds is 1. The first-order valence-corrected chi connectivity index (χ1v) is 7.80. The van der Waals surface area contributed by atoms with Gasteiger partial charge in [-0.15, -0.1) is 0 Å². The van der Waals surface area contributed by atoms with Crippen LogP contribution in [0, 0.1) is 5.92 Å². The smallest absolute Gasteiger partial charge is 0.180 e. The van der Waals surface area contributed by atoms with Gasteiger partial charge in [-0.2, -0.15) is 0 Å². The first kappa shape index (κ1) is 13.0. The third kappa shape index (κ3) is 2.25. The van der Waals surface area contributed by atoms with Crippen LogP contribution in [0.3, 0.4) is 0 Å². The van der Waals surface area contributed by atoms with E-state index in [0.717, 1.165) is 50.1 Å². The molecule has 1 saturated carbocycles. The molecule has 2 aliphatic rings. The van der Waals surface area contributed by atoms with Gasteiger partial charge < -0.3 is 10.0 Å². The fourth-order valence-corrected chi connectivity index (χ4v) is 3.80. The molecule has 2 aromatic heterocycles. The SMILES string of the molecule is O[C@]12CCCC[C@@H]1CN(c1ccc3nccnc3n1)CC2. The van der Waals surface area contributed by atoms with Crippen molar-refractivity contribution < 1.29 is 5.11 Å². The molecule has 0 unspecified atom stereocenters. The summed E-state index contributed by atoms with van der Waals surface area (Å²) >= 11 is 0. The molecule has 0 spiro atoms. The number of nitrogens with zero attached hydrogens (tertiary/aromatic N) is 4. The van der Waals surface area contributed by atoms with Crippen LogP contribution in [0.25, 0.3) is 11.2 Å². The minimum Gasteiger partial charge on any atom is -0.389 e. The highest BCUT2D eigenvalue weighted by atomic mass is 16.3. The fraction of sp³-hybridized carbons (Fsp3) is 0.562. The Labute approximate surface area is 124 Å². The van der Waals surface area contributed by atoms with E-state index in [2.05, 4.69) is 19.9 Å². The number of hydrogen-bond donors (Lipinski definition) is 1. The molecule has 0 amide bonds. The molecule has 2 aromatic rings. The molecule has 1 saturated heterocycles. The average Bonchev–Trinajstić information content (AvgIpc) is 2.53. The molecule has 1 N–H and O–H groups in total. The van der Waals surface area contributed by atoms with Crippen LogP contribution in [0.5, 0.6) is 0 Å². The van der Waals surface area contributed by atoms with Gasteiger partial charge in [-0.25, -0.2) is 9.97 Å². The summed E-state index contributed by atoms with van der Waals surface area (Å²) in [5.41, 5.74) is 1.08. The van der Waals surface area contributed by atoms with Gasteiger partial charge in [0.05, 0.1) is 5.60 Å². The molecule has 0 radical (unpaired) electrons. The predicted molar refractivity (Wildman–Crippen MR) is 81.1 cm³/mol. The lowest BCUT2D eigenvalue weighted by Crippen LogP contribution is -2.53. The van der Waals surface area contributed by atoms with E-state index in [1.54, 1.807) is 12.4 Å². The maximum atomic E-state index is 10.8. The molecular formula is C16H20N4O. The second kappa shape index (κ2) is 4.91. The topological polar surface area (TPSA) is 62.1 Å². The molecule has 0 bridgehead atoms. The second-order valence-corrected chi connectivity index (χ2v) is 6.31. The zero-order valence-electron chi connectivity index (χ0n) is 12.1. The Morgan fingerprint density at radius 3 is 3.00 bits per heavy atom. The van der Waals surface area contributed by atoms with Crippen LogP contribution in [0.2, 0.25) is 0 Å². The molecule has 21 heavy (non-hydrogen) atoms. The Kier molecular flexibility index (Phi) is 3.03. The van der Waals surface area contributed by atoms with Crippen molar-refractivity contribution in [1.82, 2.24) is 15.0 Å². The Morgan fingerprint density at radius 1 is 1.14 bits per heavy atom. The van der Waals surface area contributed by atoms with Crippen LogP contribution in [0.1, 0.15) is 32.1 Å². The lowest BCUT2D eigenvalue weighted by atomic mass is 9.71. The molecule has 110 valence electrons. The summed E-state index contributed by atoms with van der Waals surface area (Å²) in [4.78, 5) is 15.5. The van der Waals surface area contributed by atoms with E-state index in [-0.39, 0.29) is 0 Å². The number of aliphatic hydroxyl groups is 1. The summed E-state index contributed by atoms with van der Waals surface area (Å²) in [7, 11) is 0. The lowest BCUT2D eigenvalue weighted by Gasteiger charge is -2.47. The third-order valence-electron chi connectivity index (χ3n) is 5.07. The largest absolute Gasteiger partial charge is 0.389 e. The first-order valence-electron chi connectivity index (χ1n) is 7.80. The molecule has 4 rings (SSSR count). The minimum absolute atomic E-state index is 0.374. The van der Waals surface area contributed by atoms with E-state index in [9.17, 15) is 5.11 Å². The summed E-state index contributed by atoms with van der Waals surface area (Å²) in [6.45, 7) is 1.76. The van der Waals surface area contributed by atoms with Crippen molar-refractivity contribution in [3.63, 3.8) is 0 Å². The van der Waals surface area contributed by atoms with Crippen molar-refractivity contribution in [2.24, 2.45) is 5.92 Å². The van der Waals surface area contributed by atoms with Crippen molar-refractivity contribution >= 4 is 17.0 Å². The van der Waals surface area contributed by atoms with Gasteiger partial charge in [-0.05, 0) is 31.4 Å². The van der Waals surface area contributed by atoms with Gasteiger partial charge in [-0.3, -0.25) is 4.98 Å². The maximum Gasteiger partial charge on any atom is 0.180 e. The summed E-state index contributed by atoms with van der Waals surface area (Å²) in [6, 6.07) is 4.00. The normalized spacial score (nSPS) is 29.4. The number of hydrogen-bond acceptors (Lipinski definition) is 5. The Bertz CT molecular complexity index is 662. The summed E-state index contributed by atoms with van der Waals surface area (Å²) in [6.07, 6.45) is 8.69. The monoisotopic (exact) mass is 284 g/mol. The maximum absolute atomic E-state index is 10.8. The van der Waals surface area contributed by atoms with E-state index in [1.165, 1.54) is 6.42 Å². The molecule has 3 heterocycles. The van der Waals surface area contributed by atoms with Crippen molar-refractivity contribution in [3.8, 4) is 0 Å². The van der Waals surface area contributed by atoms with Crippen LogP contribution in [0.15, 0.2) is 24.5 Å². The van der Waals surface area contributed by atoms with Crippen molar-refractivity contribution in [2.75, 3.05) is 18.0 Å². The zero-order valence-corrected chi connectivity index (χ0v) is 12.1. The number of piperidine rings is 1. The fourth-order valence-electron chi connectivity index (χ4n) is 3.80. The van der Waals surface area contributed by atoms with Gasteiger partial charge in [0.15, 0.2) is 5.65 Å². The highest BCUT2D eigenvalue weighted by Crippen LogP contribution is 2.40. The molecule has 5 heteroatoms. The van der Waals surface area contributed by atoms with Crippen LogP contribution >= 0.6 is 0 Å².